The van der Waals surface area contributed by atoms with Gasteiger partial charge in [0.2, 0.25) is 5.91 Å². The first-order chi connectivity index (χ1) is 7.58. The van der Waals surface area contributed by atoms with Crippen molar-refractivity contribution in [3.63, 3.8) is 0 Å². The van der Waals surface area contributed by atoms with E-state index in [0.717, 1.165) is 12.8 Å². The van der Waals surface area contributed by atoms with Crippen molar-refractivity contribution in [1.82, 2.24) is 5.32 Å². The summed E-state index contributed by atoms with van der Waals surface area (Å²) in [4.78, 5) is 11.4. The zero-order valence-electron chi connectivity index (χ0n) is 10.1. The molecule has 0 aromatic carbocycles. The highest BCUT2D eigenvalue weighted by molar-refractivity contribution is 5.84. The third-order valence-corrected chi connectivity index (χ3v) is 2.61. The van der Waals surface area contributed by atoms with Crippen LogP contribution in [0.3, 0.4) is 0 Å². The molecule has 1 aliphatic rings. The number of primary amides is 1. The van der Waals surface area contributed by atoms with Crippen LogP contribution in [0.15, 0.2) is 0 Å². The van der Waals surface area contributed by atoms with Gasteiger partial charge in [-0.05, 0) is 26.7 Å². The molecule has 0 radical (unpaired) electrons. The van der Waals surface area contributed by atoms with E-state index in [1.807, 2.05) is 6.92 Å². The van der Waals surface area contributed by atoms with Crippen molar-refractivity contribution in [1.29, 1.82) is 0 Å². The van der Waals surface area contributed by atoms with Crippen LogP contribution in [-0.4, -0.2) is 43.9 Å². The molecule has 16 heavy (non-hydrogen) atoms. The van der Waals surface area contributed by atoms with Gasteiger partial charge < -0.3 is 15.2 Å². The zero-order valence-corrected chi connectivity index (χ0v) is 10.1. The van der Waals surface area contributed by atoms with Gasteiger partial charge in [0.1, 0.15) is 5.54 Å². The molecule has 5 nitrogen and oxygen atoms in total. The van der Waals surface area contributed by atoms with Gasteiger partial charge in [-0.1, -0.05) is 0 Å². The normalized spacial score (nSPS) is 19.4. The van der Waals surface area contributed by atoms with Gasteiger partial charge in [-0.2, -0.15) is 0 Å². The highest BCUT2D eigenvalue weighted by atomic mass is 16.5. The Hall–Kier alpha value is -0.650. The number of nitrogens with one attached hydrogen (secondary N) is 1. The molecule has 0 aliphatic heterocycles. The molecule has 1 saturated carbocycles. The van der Waals surface area contributed by atoms with Crippen molar-refractivity contribution in [2.75, 3.05) is 26.4 Å². The van der Waals surface area contributed by atoms with Gasteiger partial charge in [-0.3, -0.25) is 10.1 Å². The van der Waals surface area contributed by atoms with Gasteiger partial charge in [-0.25, -0.2) is 0 Å². The van der Waals surface area contributed by atoms with Gasteiger partial charge >= 0.3 is 0 Å². The van der Waals surface area contributed by atoms with E-state index in [1.54, 1.807) is 6.92 Å². The predicted molar refractivity (Wildman–Crippen MR) is 61.1 cm³/mol. The molecular weight excluding hydrogens is 208 g/mol. The van der Waals surface area contributed by atoms with Crippen LogP contribution in [0.2, 0.25) is 0 Å². The number of carbonyl (C=O) groups excluding carboxylic acids is 1. The average molecular weight is 230 g/mol. The summed E-state index contributed by atoms with van der Waals surface area (Å²) >= 11 is 0. The number of amides is 1. The van der Waals surface area contributed by atoms with Gasteiger partial charge in [0.15, 0.2) is 0 Å². The average Bonchev–Trinajstić information content (AvgIpc) is 3.01. The van der Waals surface area contributed by atoms with E-state index in [-0.39, 0.29) is 5.91 Å². The van der Waals surface area contributed by atoms with Crippen LogP contribution in [0.5, 0.6) is 0 Å². The highest BCUT2D eigenvalue weighted by Gasteiger charge is 2.37. The highest BCUT2D eigenvalue weighted by Crippen LogP contribution is 2.22. The third kappa shape index (κ3) is 4.47. The van der Waals surface area contributed by atoms with Crippen molar-refractivity contribution in [2.45, 2.75) is 38.3 Å². The minimum Gasteiger partial charge on any atom is -0.379 e. The molecule has 0 bridgehead atoms. The lowest BCUT2D eigenvalue weighted by molar-refractivity contribution is -0.126. The molecule has 0 saturated heterocycles. The molecule has 3 N–H and O–H groups in total. The smallest absolute Gasteiger partial charge is 0.239 e. The molecular formula is C11H22N2O3. The second kappa shape index (κ2) is 6.18. The maximum atomic E-state index is 11.4. The molecule has 1 unspecified atom stereocenters. The minimum absolute atomic E-state index is 0.298. The van der Waals surface area contributed by atoms with E-state index in [2.05, 4.69) is 5.32 Å². The summed E-state index contributed by atoms with van der Waals surface area (Å²) in [5.74, 6) is -0.365. The summed E-state index contributed by atoms with van der Waals surface area (Å²) in [7, 11) is 0. The summed E-state index contributed by atoms with van der Waals surface area (Å²) in [6, 6.07) is 0.424. The van der Waals surface area contributed by atoms with E-state index in [4.69, 9.17) is 15.2 Å². The number of hydrogen-bond acceptors (Lipinski definition) is 4. The molecule has 0 spiro atoms. The standard InChI is InChI=1S/C11H22N2O3/c1-3-15-6-7-16-8-11(2,10(12)14)13-9-4-5-9/h9,13H,3-8H2,1-2H3,(H2,12,14). The Labute approximate surface area is 96.7 Å². The SMILES string of the molecule is CCOCCOCC(C)(NC1CC1)C(N)=O. The first kappa shape index (κ1) is 13.4. The number of ether oxygens (including phenoxy) is 2. The lowest BCUT2D eigenvalue weighted by atomic mass is 10.0. The quantitative estimate of drug-likeness (QED) is 0.548. The first-order valence-electron chi connectivity index (χ1n) is 5.81. The molecule has 0 heterocycles. The van der Waals surface area contributed by atoms with Crippen molar-refractivity contribution in [3.05, 3.63) is 0 Å². The van der Waals surface area contributed by atoms with Crippen LogP contribution in [0.1, 0.15) is 26.7 Å². The fourth-order valence-corrected chi connectivity index (χ4v) is 1.40. The van der Waals surface area contributed by atoms with Gasteiger partial charge in [-0.15, -0.1) is 0 Å². The Bertz CT molecular complexity index is 231. The van der Waals surface area contributed by atoms with Crippen LogP contribution in [0.4, 0.5) is 0 Å². The van der Waals surface area contributed by atoms with Crippen molar-refractivity contribution in [3.8, 4) is 0 Å². The zero-order chi connectivity index (χ0) is 12.0. The van der Waals surface area contributed by atoms with E-state index in [0.29, 0.717) is 32.5 Å². The summed E-state index contributed by atoms with van der Waals surface area (Å²) < 4.78 is 10.5. The summed E-state index contributed by atoms with van der Waals surface area (Å²) in [5.41, 5.74) is 4.62. The Kier molecular flexibility index (Phi) is 5.18. The number of hydrogen-bond donors (Lipinski definition) is 2. The lowest BCUT2D eigenvalue weighted by Crippen LogP contribution is -2.57. The number of rotatable bonds is 9. The molecule has 1 amide bonds. The lowest BCUT2D eigenvalue weighted by Gasteiger charge is -2.27. The van der Waals surface area contributed by atoms with Crippen LogP contribution in [0.25, 0.3) is 0 Å². The minimum atomic E-state index is -0.757. The maximum Gasteiger partial charge on any atom is 0.239 e. The van der Waals surface area contributed by atoms with Crippen LogP contribution >= 0.6 is 0 Å². The summed E-state index contributed by atoms with van der Waals surface area (Å²) in [6.45, 7) is 5.73. The monoisotopic (exact) mass is 230 g/mol. The topological polar surface area (TPSA) is 73.6 Å². The Morgan fingerprint density at radius 1 is 1.44 bits per heavy atom. The molecule has 1 rings (SSSR count). The number of nitrogens with two attached hydrogens (primary N) is 1. The van der Waals surface area contributed by atoms with Gasteiger partial charge in [0, 0.05) is 12.6 Å². The molecule has 1 fully saturated rings. The van der Waals surface area contributed by atoms with E-state index >= 15 is 0 Å². The summed E-state index contributed by atoms with van der Waals surface area (Å²) in [5, 5.41) is 3.22. The maximum absolute atomic E-state index is 11.4. The second-order valence-electron chi connectivity index (χ2n) is 4.36. The fourth-order valence-electron chi connectivity index (χ4n) is 1.40. The van der Waals surface area contributed by atoms with Gasteiger partial charge in [0.05, 0.1) is 19.8 Å². The molecule has 0 aromatic heterocycles. The second-order valence-corrected chi connectivity index (χ2v) is 4.36. The van der Waals surface area contributed by atoms with E-state index < -0.39 is 5.54 Å². The van der Waals surface area contributed by atoms with Crippen LogP contribution in [0, 0.1) is 0 Å². The third-order valence-electron chi connectivity index (χ3n) is 2.61. The van der Waals surface area contributed by atoms with Crippen molar-refractivity contribution < 1.29 is 14.3 Å². The van der Waals surface area contributed by atoms with E-state index in [1.165, 1.54) is 0 Å². The van der Waals surface area contributed by atoms with E-state index in [9.17, 15) is 4.79 Å². The predicted octanol–water partition coefficient (Wildman–Crippen LogP) is 0.0355. The van der Waals surface area contributed by atoms with Crippen LogP contribution in [-0.2, 0) is 14.3 Å². The largest absolute Gasteiger partial charge is 0.379 e. The number of carbonyl (C=O) groups is 1. The summed E-state index contributed by atoms with van der Waals surface area (Å²) in [6.07, 6.45) is 2.23. The van der Waals surface area contributed by atoms with Crippen LogP contribution < -0.4 is 11.1 Å². The Morgan fingerprint density at radius 3 is 2.56 bits per heavy atom. The molecule has 1 atom stereocenters. The van der Waals surface area contributed by atoms with Gasteiger partial charge in [0.25, 0.3) is 0 Å². The molecule has 94 valence electrons. The molecule has 1 aliphatic carbocycles. The molecule has 0 aromatic rings. The fraction of sp³-hybridized carbons (Fsp3) is 0.909. The Morgan fingerprint density at radius 2 is 2.06 bits per heavy atom. The first-order valence-corrected chi connectivity index (χ1v) is 5.81. The Balaban J connectivity index is 2.23. The molecule has 5 heteroatoms. The van der Waals surface area contributed by atoms with Crippen molar-refractivity contribution in [2.24, 2.45) is 5.73 Å². The van der Waals surface area contributed by atoms with Crippen molar-refractivity contribution >= 4 is 5.91 Å².